The maximum absolute atomic E-state index is 13.2. The molecule has 0 radical (unpaired) electrons. The highest BCUT2D eigenvalue weighted by Gasteiger charge is 2.31. The minimum atomic E-state index is -0.692. The summed E-state index contributed by atoms with van der Waals surface area (Å²) in [5, 5.41) is 8.86. The average molecular weight is 488 g/mol. The number of ketones is 1. The van der Waals surface area contributed by atoms with Gasteiger partial charge in [-0.2, -0.15) is 5.26 Å². The van der Waals surface area contributed by atoms with Gasteiger partial charge in [-0.1, -0.05) is 0 Å². The Balaban J connectivity index is 2.22. The summed E-state index contributed by atoms with van der Waals surface area (Å²) in [7, 11) is 1.44. The molecule has 35 heavy (non-hydrogen) atoms. The van der Waals surface area contributed by atoms with Gasteiger partial charge in [-0.05, 0) is 72.4 Å². The molecule has 0 saturated carbocycles. The average Bonchev–Trinajstić information content (AvgIpc) is 2.75. The summed E-state index contributed by atoms with van der Waals surface area (Å²) < 4.78 is 16.5. The molecule has 192 valence electrons. The predicted molar refractivity (Wildman–Crippen MR) is 132 cm³/mol. The van der Waals surface area contributed by atoms with E-state index in [-0.39, 0.29) is 35.5 Å². The number of carbonyl (C=O) groups is 3. The van der Waals surface area contributed by atoms with Crippen molar-refractivity contribution in [2.45, 2.75) is 72.0 Å². The summed E-state index contributed by atoms with van der Waals surface area (Å²) >= 11 is 0. The van der Waals surface area contributed by atoms with E-state index in [1.165, 1.54) is 7.11 Å². The molecule has 1 fully saturated rings. The third-order valence-corrected chi connectivity index (χ3v) is 5.36. The molecule has 2 amide bonds. The molecule has 0 atom stereocenters. The van der Waals surface area contributed by atoms with Crippen LogP contribution in [0.1, 0.15) is 71.2 Å². The van der Waals surface area contributed by atoms with Crippen LogP contribution in [0.25, 0.3) is 0 Å². The molecule has 0 spiro atoms. The molecule has 9 nitrogen and oxygen atoms in total. The number of benzene rings is 1. The van der Waals surface area contributed by atoms with Crippen LogP contribution in [-0.2, 0) is 9.47 Å². The zero-order valence-corrected chi connectivity index (χ0v) is 21.8. The van der Waals surface area contributed by atoms with Gasteiger partial charge in [-0.15, -0.1) is 0 Å². The molecular formula is C26H37N3O6. The summed E-state index contributed by atoms with van der Waals surface area (Å²) in [6, 6.07) is 6.69. The van der Waals surface area contributed by atoms with E-state index in [0.717, 1.165) is 0 Å². The molecule has 1 heterocycles. The van der Waals surface area contributed by atoms with Crippen molar-refractivity contribution in [1.82, 2.24) is 4.90 Å². The lowest BCUT2D eigenvalue weighted by molar-refractivity contribution is 0.0182. The standard InChI is InChI=1S/C26H37N3O6/c1-25(2,3)34-23(31)28-14-11-18(12-15-28)17-29(24(32)35-26(4,5)6)19-8-9-20(21(30)10-13-27)22(16-19)33-7/h8-9,16,18H,10-12,14-15,17H2,1-7H3. The summed E-state index contributed by atoms with van der Waals surface area (Å²) in [6.45, 7) is 12.4. The first kappa shape index (κ1) is 28.0. The van der Waals surface area contributed by atoms with E-state index >= 15 is 0 Å². The normalized spacial score (nSPS) is 14.6. The monoisotopic (exact) mass is 487 g/mol. The van der Waals surface area contributed by atoms with E-state index in [9.17, 15) is 14.4 Å². The predicted octanol–water partition coefficient (Wildman–Crippen LogP) is 5.18. The zero-order chi connectivity index (χ0) is 26.4. The quantitative estimate of drug-likeness (QED) is 0.509. The van der Waals surface area contributed by atoms with Crippen LogP contribution in [0, 0.1) is 17.2 Å². The number of likely N-dealkylation sites (tertiary alicyclic amines) is 1. The van der Waals surface area contributed by atoms with E-state index in [1.807, 2.05) is 26.8 Å². The number of rotatable bonds is 6. The highest BCUT2D eigenvalue weighted by atomic mass is 16.6. The van der Waals surface area contributed by atoms with Crippen molar-refractivity contribution in [3.05, 3.63) is 23.8 Å². The van der Waals surface area contributed by atoms with E-state index in [4.69, 9.17) is 19.5 Å². The Morgan fingerprint density at radius 2 is 1.66 bits per heavy atom. The number of methoxy groups -OCH3 is 1. The van der Waals surface area contributed by atoms with Crippen molar-refractivity contribution < 1.29 is 28.6 Å². The fourth-order valence-corrected chi connectivity index (χ4v) is 3.73. The number of nitriles is 1. The number of hydrogen-bond acceptors (Lipinski definition) is 7. The van der Waals surface area contributed by atoms with Crippen LogP contribution < -0.4 is 9.64 Å². The van der Waals surface area contributed by atoms with Gasteiger partial charge in [0.25, 0.3) is 0 Å². The van der Waals surface area contributed by atoms with Gasteiger partial charge in [0.2, 0.25) is 0 Å². The lowest BCUT2D eigenvalue weighted by Gasteiger charge is -2.36. The summed E-state index contributed by atoms with van der Waals surface area (Å²) in [4.78, 5) is 41.0. The van der Waals surface area contributed by atoms with Crippen LogP contribution in [0.2, 0.25) is 0 Å². The van der Waals surface area contributed by atoms with Crippen LogP contribution >= 0.6 is 0 Å². The number of Topliss-reactive ketones (excluding diaryl/α,β-unsaturated/α-hetero) is 1. The van der Waals surface area contributed by atoms with Crippen molar-refractivity contribution in [3.63, 3.8) is 0 Å². The van der Waals surface area contributed by atoms with E-state index in [1.54, 1.807) is 48.8 Å². The summed E-state index contributed by atoms with van der Waals surface area (Å²) in [5.41, 5.74) is -0.435. The van der Waals surface area contributed by atoms with Crippen molar-refractivity contribution in [1.29, 1.82) is 5.26 Å². The fraction of sp³-hybridized carbons (Fsp3) is 0.615. The minimum Gasteiger partial charge on any atom is -0.496 e. The number of piperidine rings is 1. The second kappa shape index (κ2) is 11.4. The Hall–Kier alpha value is -3.28. The third kappa shape index (κ3) is 8.46. The van der Waals surface area contributed by atoms with E-state index in [2.05, 4.69) is 0 Å². The zero-order valence-electron chi connectivity index (χ0n) is 21.8. The van der Waals surface area contributed by atoms with Crippen LogP contribution in [0.4, 0.5) is 15.3 Å². The molecule has 1 aromatic carbocycles. The second-order valence-corrected chi connectivity index (χ2v) is 10.6. The first-order valence-corrected chi connectivity index (χ1v) is 11.8. The number of carbonyl (C=O) groups excluding carboxylic acids is 3. The van der Waals surface area contributed by atoms with Crippen LogP contribution in [0.5, 0.6) is 5.75 Å². The molecule has 1 saturated heterocycles. The Morgan fingerprint density at radius 3 is 2.17 bits per heavy atom. The molecule has 0 N–H and O–H groups in total. The topological polar surface area (TPSA) is 109 Å². The van der Waals surface area contributed by atoms with Crippen molar-refractivity contribution >= 4 is 23.7 Å². The highest BCUT2D eigenvalue weighted by molar-refractivity contribution is 6.01. The lowest BCUT2D eigenvalue weighted by Crippen LogP contribution is -2.45. The van der Waals surface area contributed by atoms with Gasteiger partial charge < -0.3 is 19.1 Å². The number of anilines is 1. The molecule has 1 aliphatic rings. The maximum Gasteiger partial charge on any atom is 0.414 e. The fourth-order valence-electron chi connectivity index (χ4n) is 3.73. The van der Waals surface area contributed by atoms with E-state index < -0.39 is 17.3 Å². The Morgan fingerprint density at radius 1 is 1.06 bits per heavy atom. The van der Waals surface area contributed by atoms with Gasteiger partial charge in [0.15, 0.2) is 5.78 Å². The van der Waals surface area contributed by atoms with Crippen molar-refractivity contribution in [2.24, 2.45) is 5.92 Å². The Bertz CT molecular complexity index is 963. The van der Waals surface area contributed by atoms with Crippen LogP contribution in [0.3, 0.4) is 0 Å². The molecule has 2 rings (SSSR count). The first-order valence-electron chi connectivity index (χ1n) is 11.8. The van der Waals surface area contributed by atoms with Gasteiger partial charge in [0.1, 0.15) is 17.0 Å². The molecule has 0 unspecified atom stereocenters. The Kier molecular flexibility index (Phi) is 9.13. The molecule has 0 aliphatic carbocycles. The van der Waals surface area contributed by atoms with Crippen LogP contribution in [-0.4, -0.2) is 60.8 Å². The molecule has 0 bridgehead atoms. The van der Waals surface area contributed by atoms with Gasteiger partial charge in [0, 0.05) is 25.7 Å². The van der Waals surface area contributed by atoms with Crippen molar-refractivity contribution in [2.75, 3.05) is 31.6 Å². The third-order valence-electron chi connectivity index (χ3n) is 5.36. The Labute approximate surface area is 207 Å². The van der Waals surface area contributed by atoms with Gasteiger partial charge in [-0.3, -0.25) is 9.69 Å². The van der Waals surface area contributed by atoms with E-state index in [0.29, 0.717) is 38.2 Å². The SMILES string of the molecule is COc1cc(N(CC2CCN(C(=O)OC(C)(C)C)CC2)C(=O)OC(C)(C)C)ccc1C(=O)CC#N. The minimum absolute atomic E-state index is 0.132. The lowest BCUT2D eigenvalue weighted by atomic mass is 9.96. The first-order chi connectivity index (χ1) is 16.2. The highest BCUT2D eigenvalue weighted by Crippen LogP contribution is 2.30. The maximum atomic E-state index is 13.2. The molecule has 1 aromatic rings. The molecule has 9 heteroatoms. The summed E-state index contributed by atoms with van der Waals surface area (Å²) in [6.07, 6.45) is 0.303. The molecule has 1 aliphatic heterocycles. The van der Waals surface area contributed by atoms with Gasteiger partial charge in [0.05, 0.1) is 30.9 Å². The van der Waals surface area contributed by atoms with Gasteiger partial charge in [-0.25, -0.2) is 9.59 Å². The smallest absolute Gasteiger partial charge is 0.414 e. The number of amides is 2. The van der Waals surface area contributed by atoms with Crippen molar-refractivity contribution in [3.8, 4) is 11.8 Å². The van der Waals surface area contributed by atoms with Crippen LogP contribution in [0.15, 0.2) is 18.2 Å². The number of hydrogen-bond donors (Lipinski definition) is 0. The largest absolute Gasteiger partial charge is 0.496 e. The number of nitrogens with zero attached hydrogens (tertiary/aromatic N) is 3. The molecular weight excluding hydrogens is 450 g/mol. The van der Waals surface area contributed by atoms with Gasteiger partial charge >= 0.3 is 12.2 Å². The molecule has 0 aromatic heterocycles. The second-order valence-electron chi connectivity index (χ2n) is 10.6. The summed E-state index contributed by atoms with van der Waals surface area (Å²) in [5.74, 6) is 0.0670. The number of ether oxygens (including phenoxy) is 3.